The highest BCUT2D eigenvalue weighted by molar-refractivity contribution is 5.79. The third-order valence-corrected chi connectivity index (χ3v) is 4.48. The normalized spacial score (nSPS) is 17.3. The number of ether oxygens (including phenoxy) is 1. The van der Waals surface area contributed by atoms with Crippen molar-refractivity contribution in [3.8, 4) is 0 Å². The van der Waals surface area contributed by atoms with Gasteiger partial charge in [0.25, 0.3) is 5.56 Å². The summed E-state index contributed by atoms with van der Waals surface area (Å²) in [6, 6.07) is 13.5. The average molecular weight is 354 g/mol. The monoisotopic (exact) mass is 354 g/mol. The van der Waals surface area contributed by atoms with Crippen LogP contribution in [0.25, 0.3) is 0 Å². The fourth-order valence-electron chi connectivity index (χ4n) is 2.97. The molecule has 6 heteroatoms. The van der Waals surface area contributed by atoms with Crippen LogP contribution < -0.4 is 16.2 Å². The Balaban J connectivity index is 1.48. The molecule has 2 N–H and O–H groups in total. The predicted molar refractivity (Wildman–Crippen MR) is 103 cm³/mol. The summed E-state index contributed by atoms with van der Waals surface area (Å²) in [6.45, 7) is 2.92. The number of rotatable bonds is 6. The molecule has 1 aliphatic rings. The van der Waals surface area contributed by atoms with Crippen molar-refractivity contribution in [1.29, 1.82) is 0 Å². The number of nitrogens with zero attached hydrogens (tertiary/aromatic N) is 2. The molecule has 0 amide bonds. The van der Waals surface area contributed by atoms with Crippen molar-refractivity contribution in [1.82, 2.24) is 15.2 Å². The van der Waals surface area contributed by atoms with Gasteiger partial charge in [-0.25, -0.2) is 0 Å². The molecule has 2 heterocycles. The lowest BCUT2D eigenvalue weighted by molar-refractivity contribution is 0.114. The molecule has 2 aromatic rings. The summed E-state index contributed by atoms with van der Waals surface area (Å²) in [5.41, 5.74) is 2.27. The van der Waals surface area contributed by atoms with Crippen molar-refractivity contribution >= 4 is 5.96 Å². The van der Waals surface area contributed by atoms with Crippen LogP contribution in [0, 0.1) is 0 Å². The number of benzene rings is 1. The van der Waals surface area contributed by atoms with Crippen LogP contribution in [-0.2, 0) is 17.8 Å². The number of hydrogen-bond donors (Lipinski definition) is 2. The van der Waals surface area contributed by atoms with E-state index < -0.39 is 0 Å². The maximum absolute atomic E-state index is 11.8. The summed E-state index contributed by atoms with van der Waals surface area (Å²) in [5.74, 6) is 0.778. The molecule has 1 atom stereocenters. The van der Waals surface area contributed by atoms with E-state index in [0.29, 0.717) is 13.1 Å². The molecule has 1 aromatic carbocycles. The largest absolute Gasteiger partial charge is 0.376 e. The summed E-state index contributed by atoms with van der Waals surface area (Å²) < 4.78 is 7.31. The summed E-state index contributed by atoms with van der Waals surface area (Å²) in [5, 5.41) is 6.62. The molecule has 6 nitrogen and oxygen atoms in total. The quantitative estimate of drug-likeness (QED) is 0.613. The van der Waals surface area contributed by atoms with Crippen LogP contribution >= 0.6 is 0 Å². The third kappa shape index (κ3) is 5.20. The van der Waals surface area contributed by atoms with Gasteiger partial charge < -0.3 is 19.9 Å². The lowest BCUT2D eigenvalue weighted by Crippen LogP contribution is -2.40. The summed E-state index contributed by atoms with van der Waals surface area (Å²) in [4.78, 5) is 16.0. The zero-order valence-corrected chi connectivity index (χ0v) is 15.1. The van der Waals surface area contributed by atoms with Crippen LogP contribution in [0.2, 0.25) is 0 Å². The molecule has 1 saturated heterocycles. The van der Waals surface area contributed by atoms with E-state index in [1.165, 1.54) is 0 Å². The molecule has 26 heavy (non-hydrogen) atoms. The highest BCUT2D eigenvalue weighted by Gasteiger charge is 2.15. The smallest absolute Gasteiger partial charge is 0.250 e. The molecule has 1 fully saturated rings. The minimum absolute atomic E-state index is 0.0133. The van der Waals surface area contributed by atoms with Gasteiger partial charge in [0.1, 0.15) is 0 Å². The van der Waals surface area contributed by atoms with Gasteiger partial charge in [0.15, 0.2) is 5.96 Å². The minimum atomic E-state index is 0.0133. The van der Waals surface area contributed by atoms with Crippen molar-refractivity contribution in [2.75, 3.05) is 20.2 Å². The van der Waals surface area contributed by atoms with Gasteiger partial charge in [0.2, 0.25) is 0 Å². The first-order valence-electron chi connectivity index (χ1n) is 9.04. The van der Waals surface area contributed by atoms with Gasteiger partial charge in [-0.15, -0.1) is 0 Å². The van der Waals surface area contributed by atoms with E-state index in [0.717, 1.165) is 43.1 Å². The van der Waals surface area contributed by atoms with Crippen LogP contribution in [0.4, 0.5) is 0 Å². The van der Waals surface area contributed by atoms with Gasteiger partial charge in [-0.3, -0.25) is 9.79 Å². The van der Waals surface area contributed by atoms with E-state index in [1.54, 1.807) is 23.7 Å². The van der Waals surface area contributed by atoms with Gasteiger partial charge in [-0.1, -0.05) is 30.3 Å². The van der Waals surface area contributed by atoms with Crippen molar-refractivity contribution in [2.45, 2.75) is 32.0 Å². The zero-order valence-electron chi connectivity index (χ0n) is 15.1. The Morgan fingerprint density at radius 1 is 1.19 bits per heavy atom. The second-order valence-electron chi connectivity index (χ2n) is 6.42. The molecule has 1 aliphatic heterocycles. The molecule has 0 spiro atoms. The maximum Gasteiger partial charge on any atom is 0.250 e. The first-order valence-corrected chi connectivity index (χ1v) is 9.04. The molecule has 3 rings (SSSR count). The number of pyridine rings is 1. The number of aromatic nitrogens is 1. The zero-order chi connectivity index (χ0) is 18.2. The SMILES string of the molecule is CN=C(NCc1ccc(Cn2ccccc2=O)cc1)NCC1CCCO1. The molecule has 138 valence electrons. The molecule has 1 aromatic heterocycles. The molecule has 0 aliphatic carbocycles. The second-order valence-corrected chi connectivity index (χ2v) is 6.42. The van der Waals surface area contributed by atoms with Gasteiger partial charge >= 0.3 is 0 Å². The van der Waals surface area contributed by atoms with Crippen molar-refractivity contribution in [3.63, 3.8) is 0 Å². The summed E-state index contributed by atoms with van der Waals surface area (Å²) >= 11 is 0. The summed E-state index contributed by atoms with van der Waals surface area (Å²) in [6.07, 6.45) is 4.34. The Morgan fingerprint density at radius 2 is 2.00 bits per heavy atom. The lowest BCUT2D eigenvalue weighted by atomic mass is 10.1. The fourth-order valence-corrected chi connectivity index (χ4v) is 2.97. The van der Waals surface area contributed by atoms with Crippen LogP contribution in [-0.4, -0.2) is 36.8 Å². The van der Waals surface area contributed by atoms with E-state index >= 15 is 0 Å². The van der Waals surface area contributed by atoms with Gasteiger partial charge in [0.05, 0.1) is 12.6 Å². The van der Waals surface area contributed by atoms with Gasteiger partial charge in [0, 0.05) is 39.0 Å². The Labute approximate surface area is 153 Å². The number of guanidine groups is 1. The Hall–Kier alpha value is -2.60. The van der Waals surface area contributed by atoms with Gasteiger partial charge in [-0.05, 0) is 30.0 Å². The average Bonchev–Trinajstić information content (AvgIpc) is 3.18. The van der Waals surface area contributed by atoms with Crippen molar-refractivity contribution in [3.05, 3.63) is 70.1 Å². The van der Waals surface area contributed by atoms with Crippen LogP contribution in [0.1, 0.15) is 24.0 Å². The molecule has 1 unspecified atom stereocenters. The molecule has 0 bridgehead atoms. The second kappa shape index (κ2) is 9.20. The van der Waals surface area contributed by atoms with Crippen LogP contribution in [0.15, 0.2) is 58.4 Å². The van der Waals surface area contributed by atoms with Gasteiger partial charge in [-0.2, -0.15) is 0 Å². The van der Waals surface area contributed by atoms with Crippen LogP contribution in [0.3, 0.4) is 0 Å². The molecule has 0 radical (unpaired) electrons. The maximum atomic E-state index is 11.8. The highest BCUT2D eigenvalue weighted by atomic mass is 16.5. The third-order valence-electron chi connectivity index (χ3n) is 4.48. The fraction of sp³-hybridized carbons (Fsp3) is 0.400. The standard InChI is InChI=1S/C20H26N4O2/c1-21-20(23-14-18-5-4-12-26-18)22-13-16-7-9-17(10-8-16)15-24-11-3-2-6-19(24)25/h2-3,6-11,18H,4-5,12-15H2,1H3,(H2,21,22,23). The molecule has 0 saturated carbocycles. The Morgan fingerprint density at radius 3 is 2.69 bits per heavy atom. The van der Waals surface area contributed by atoms with E-state index in [9.17, 15) is 4.79 Å². The molecular formula is C20H26N4O2. The topological polar surface area (TPSA) is 67.7 Å². The molecular weight excluding hydrogens is 328 g/mol. The Kier molecular flexibility index (Phi) is 6.44. The van der Waals surface area contributed by atoms with E-state index in [4.69, 9.17) is 4.74 Å². The first-order chi connectivity index (χ1) is 12.7. The van der Waals surface area contributed by atoms with Crippen molar-refractivity contribution in [2.24, 2.45) is 4.99 Å². The number of hydrogen-bond acceptors (Lipinski definition) is 3. The highest BCUT2D eigenvalue weighted by Crippen LogP contribution is 2.10. The minimum Gasteiger partial charge on any atom is -0.376 e. The number of aliphatic imine (C=N–C) groups is 1. The van der Waals surface area contributed by atoms with E-state index in [1.807, 2.05) is 12.3 Å². The van der Waals surface area contributed by atoms with E-state index in [-0.39, 0.29) is 11.7 Å². The lowest BCUT2D eigenvalue weighted by Gasteiger charge is -2.15. The summed E-state index contributed by atoms with van der Waals surface area (Å²) in [7, 11) is 1.77. The Bertz CT molecular complexity index is 777. The number of nitrogens with one attached hydrogen (secondary N) is 2. The van der Waals surface area contributed by atoms with Crippen LogP contribution in [0.5, 0.6) is 0 Å². The predicted octanol–water partition coefficient (Wildman–Crippen LogP) is 1.74. The van der Waals surface area contributed by atoms with E-state index in [2.05, 4.69) is 39.9 Å². The first kappa shape index (κ1) is 18.2. The van der Waals surface area contributed by atoms with Crippen molar-refractivity contribution < 1.29 is 4.74 Å².